The molecule has 0 aromatic heterocycles. The average Bonchev–Trinajstić information content (AvgIpc) is 3.03. The van der Waals surface area contributed by atoms with Gasteiger partial charge in [0.15, 0.2) is 6.29 Å². The number of ether oxygens (including phenoxy) is 3. The number of amides is 2. The van der Waals surface area contributed by atoms with E-state index in [1.54, 1.807) is 25.1 Å². The van der Waals surface area contributed by atoms with Crippen LogP contribution in [0.25, 0.3) is 0 Å². The zero-order valence-electron chi connectivity index (χ0n) is 24.8. The van der Waals surface area contributed by atoms with Crippen molar-refractivity contribution in [1.29, 1.82) is 0 Å². The monoisotopic (exact) mass is 591 g/mol. The van der Waals surface area contributed by atoms with Crippen LogP contribution < -0.4 is 10.6 Å². The summed E-state index contributed by atoms with van der Waals surface area (Å²) in [5, 5.41) is 25.7. The first-order chi connectivity index (χ1) is 20.8. The summed E-state index contributed by atoms with van der Waals surface area (Å²) in [5.41, 5.74) is 3.85. The van der Waals surface area contributed by atoms with E-state index in [1.165, 1.54) is 0 Å². The standard InChI is InChI=1S/C33H41N3O7/c1-4-41-30(38)19-34-33(40)35-27-12-8-11-26(17-27)32-42-28(18-29(43-32)24-15-13-23(21-37)14-16-24)20-36(3)22(2)31(39)25-9-6-5-7-10-25/h5-17,22,28-29,31-32,37,39H,4,18-21H2,1-3H3,(H2,34,35,40)/t22-,28+,29-,31-,32-/m1/s1. The fourth-order valence-corrected chi connectivity index (χ4v) is 4.99. The number of hydrogen-bond acceptors (Lipinski definition) is 8. The van der Waals surface area contributed by atoms with Crippen molar-refractivity contribution in [2.75, 3.05) is 32.1 Å². The largest absolute Gasteiger partial charge is 0.465 e. The second-order valence-electron chi connectivity index (χ2n) is 10.6. The maximum absolute atomic E-state index is 12.4. The highest BCUT2D eigenvalue weighted by molar-refractivity contribution is 5.91. The summed E-state index contributed by atoms with van der Waals surface area (Å²) in [7, 11) is 1.97. The third kappa shape index (κ3) is 9.09. The average molecular weight is 592 g/mol. The zero-order chi connectivity index (χ0) is 30.8. The molecule has 0 bridgehead atoms. The predicted molar refractivity (Wildman–Crippen MR) is 162 cm³/mol. The van der Waals surface area contributed by atoms with Crippen LogP contribution in [0.4, 0.5) is 10.5 Å². The van der Waals surface area contributed by atoms with Crippen molar-refractivity contribution < 1.29 is 34.0 Å². The van der Waals surface area contributed by atoms with Crippen LogP contribution in [-0.4, -0.2) is 66.0 Å². The van der Waals surface area contributed by atoms with Gasteiger partial charge >= 0.3 is 12.0 Å². The van der Waals surface area contributed by atoms with E-state index in [2.05, 4.69) is 15.5 Å². The smallest absolute Gasteiger partial charge is 0.325 e. The van der Waals surface area contributed by atoms with Crippen molar-refractivity contribution in [3.8, 4) is 0 Å². The first-order valence-electron chi connectivity index (χ1n) is 14.5. The van der Waals surface area contributed by atoms with Gasteiger partial charge in [-0.3, -0.25) is 9.69 Å². The molecule has 5 atom stereocenters. The van der Waals surface area contributed by atoms with E-state index < -0.39 is 24.4 Å². The van der Waals surface area contributed by atoms with E-state index in [0.29, 0.717) is 24.2 Å². The quantitative estimate of drug-likeness (QED) is 0.227. The Morgan fingerprint density at radius 3 is 2.47 bits per heavy atom. The molecule has 3 aromatic carbocycles. The molecule has 0 radical (unpaired) electrons. The number of urea groups is 1. The number of carbonyl (C=O) groups is 2. The fourth-order valence-electron chi connectivity index (χ4n) is 4.99. The summed E-state index contributed by atoms with van der Waals surface area (Å²) in [6.45, 7) is 4.19. The lowest BCUT2D eigenvalue weighted by Gasteiger charge is -2.39. The van der Waals surface area contributed by atoms with Gasteiger partial charge in [-0.25, -0.2) is 4.79 Å². The van der Waals surface area contributed by atoms with E-state index in [1.807, 2.05) is 74.6 Å². The topological polar surface area (TPSA) is 130 Å². The lowest BCUT2D eigenvalue weighted by atomic mass is 9.98. The SMILES string of the molecule is CCOC(=O)CNC(=O)Nc1cccc([C@@H]2O[C@H](CN(C)[C@H](C)[C@@H](O)c3ccccc3)C[C@H](c3ccc(CO)cc3)O2)c1. The molecule has 43 heavy (non-hydrogen) atoms. The van der Waals surface area contributed by atoms with Crippen LogP contribution in [0.5, 0.6) is 0 Å². The molecule has 2 amide bonds. The number of likely N-dealkylation sites (N-methyl/N-ethyl adjacent to an activating group) is 1. The third-order valence-corrected chi connectivity index (χ3v) is 7.52. The minimum Gasteiger partial charge on any atom is -0.465 e. The lowest BCUT2D eigenvalue weighted by Crippen LogP contribution is -2.43. The third-order valence-electron chi connectivity index (χ3n) is 7.52. The summed E-state index contributed by atoms with van der Waals surface area (Å²) < 4.78 is 17.8. The van der Waals surface area contributed by atoms with Crippen LogP contribution in [0.2, 0.25) is 0 Å². The summed E-state index contributed by atoms with van der Waals surface area (Å²) in [5.74, 6) is -0.518. The molecule has 0 unspecified atom stereocenters. The van der Waals surface area contributed by atoms with Crippen LogP contribution in [0.3, 0.4) is 0 Å². The number of esters is 1. The molecule has 10 heteroatoms. The Bertz CT molecular complexity index is 1320. The molecule has 230 valence electrons. The molecule has 4 N–H and O–H groups in total. The van der Waals surface area contributed by atoms with Crippen LogP contribution in [-0.2, 0) is 25.6 Å². The number of rotatable bonds is 12. The number of aliphatic hydroxyl groups excluding tert-OH is 2. The van der Waals surface area contributed by atoms with Gasteiger partial charge in [-0.05, 0) is 49.7 Å². The van der Waals surface area contributed by atoms with Crippen molar-refractivity contribution >= 4 is 17.7 Å². The van der Waals surface area contributed by atoms with Gasteiger partial charge in [0.05, 0.1) is 31.5 Å². The Balaban J connectivity index is 1.49. The molecular weight excluding hydrogens is 550 g/mol. The molecule has 0 saturated carbocycles. The van der Waals surface area contributed by atoms with Crippen molar-refractivity contribution in [3.63, 3.8) is 0 Å². The van der Waals surface area contributed by atoms with Crippen LogP contribution >= 0.6 is 0 Å². The predicted octanol–water partition coefficient (Wildman–Crippen LogP) is 4.46. The van der Waals surface area contributed by atoms with Gasteiger partial charge in [0.25, 0.3) is 0 Å². The number of nitrogens with zero attached hydrogens (tertiary/aromatic N) is 1. The molecule has 1 fully saturated rings. The van der Waals surface area contributed by atoms with Crippen molar-refractivity contribution in [2.24, 2.45) is 0 Å². The van der Waals surface area contributed by atoms with E-state index in [0.717, 1.165) is 16.7 Å². The van der Waals surface area contributed by atoms with Gasteiger partial charge < -0.3 is 35.1 Å². The number of nitrogens with one attached hydrogen (secondary N) is 2. The normalized spacial score (nSPS) is 19.8. The van der Waals surface area contributed by atoms with E-state index >= 15 is 0 Å². The Labute approximate surface area is 252 Å². The van der Waals surface area contributed by atoms with Gasteiger partial charge in [0.2, 0.25) is 0 Å². The van der Waals surface area contributed by atoms with Crippen molar-refractivity contribution in [3.05, 3.63) is 101 Å². The molecule has 1 aliphatic rings. The number of anilines is 1. The highest BCUT2D eigenvalue weighted by Gasteiger charge is 2.34. The Morgan fingerprint density at radius 1 is 1.02 bits per heavy atom. The molecule has 1 saturated heterocycles. The van der Waals surface area contributed by atoms with Crippen LogP contribution in [0, 0.1) is 0 Å². The van der Waals surface area contributed by atoms with Gasteiger partial charge in [-0.15, -0.1) is 0 Å². The fraction of sp³-hybridized carbons (Fsp3) is 0.394. The highest BCUT2D eigenvalue weighted by atomic mass is 16.7. The first kappa shape index (κ1) is 32.1. The summed E-state index contributed by atoms with van der Waals surface area (Å²) in [6, 6.07) is 23.7. The molecule has 1 aliphatic heterocycles. The van der Waals surface area contributed by atoms with Crippen LogP contribution in [0.1, 0.15) is 61.0 Å². The Kier molecular flexibility index (Phi) is 11.7. The zero-order valence-corrected chi connectivity index (χ0v) is 24.8. The minimum absolute atomic E-state index is 0.0419. The van der Waals surface area contributed by atoms with Gasteiger partial charge in [0.1, 0.15) is 6.54 Å². The Morgan fingerprint density at radius 2 is 1.77 bits per heavy atom. The number of benzene rings is 3. The lowest BCUT2D eigenvalue weighted by molar-refractivity contribution is -0.253. The maximum atomic E-state index is 12.4. The second kappa shape index (κ2) is 15.6. The van der Waals surface area contributed by atoms with E-state index in [-0.39, 0.29) is 38.0 Å². The second-order valence-corrected chi connectivity index (χ2v) is 10.6. The minimum atomic E-state index is -0.728. The van der Waals surface area contributed by atoms with Gasteiger partial charge in [0, 0.05) is 30.3 Å². The molecule has 0 aliphatic carbocycles. The molecule has 0 spiro atoms. The van der Waals surface area contributed by atoms with E-state index in [4.69, 9.17) is 14.2 Å². The molecule has 10 nitrogen and oxygen atoms in total. The number of hydrogen-bond donors (Lipinski definition) is 4. The van der Waals surface area contributed by atoms with Crippen LogP contribution in [0.15, 0.2) is 78.9 Å². The van der Waals surface area contributed by atoms with Crippen molar-refractivity contribution in [2.45, 2.75) is 57.5 Å². The first-order valence-corrected chi connectivity index (χ1v) is 14.5. The van der Waals surface area contributed by atoms with Gasteiger partial charge in [-0.2, -0.15) is 0 Å². The number of aliphatic hydroxyl groups is 2. The summed E-state index contributed by atoms with van der Waals surface area (Å²) in [4.78, 5) is 26.0. The molecule has 4 rings (SSSR count). The van der Waals surface area contributed by atoms with Gasteiger partial charge in [-0.1, -0.05) is 66.7 Å². The molecule has 3 aromatic rings. The molecule has 1 heterocycles. The summed E-state index contributed by atoms with van der Waals surface area (Å²) >= 11 is 0. The van der Waals surface area contributed by atoms with Crippen molar-refractivity contribution in [1.82, 2.24) is 10.2 Å². The number of carbonyl (C=O) groups excluding carboxylic acids is 2. The molecular formula is C33H41N3O7. The maximum Gasteiger partial charge on any atom is 0.325 e. The van der Waals surface area contributed by atoms with E-state index in [9.17, 15) is 19.8 Å². The summed E-state index contributed by atoms with van der Waals surface area (Å²) in [6.07, 6.45) is -1.33. The Hall–Kier alpha value is -3.80. The highest BCUT2D eigenvalue weighted by Crippen LogP contribution is 2.39.